The number of hydrogen-bond donors (Lipinski definition) is 0. The lowest BCUT2D eigenvalue weighted by atomic mass is 10.0. The fourth-order valence-electron chi connectivity index (χ4n) is 10.3. The van der Waals surface area contributed by atoms with Gasteiger partial charge < -0.3 is 13.6 Å². The maximum Gasteiger partial charge on any atom is 0.164 e. The average molecular weight is 882 g/mol. The summed E-state index contributed by atoms with van der Waals surface area (Å²) in [6, 6.07) is 83.2. The van der Waals surface area contributed by atoms with Gasteiger partial charge >= 0.3 is 0 Å². The van der Waals surface area contributed by atoms with E-state index in [1.165, 1.54) is 21.8 Å². The van der Waals surface area contributed by atoms with Crippen LogP contribution in [-0.4, -0.2) is 24.1 Å². The van der Waals surface area contributed by atoms with Crippen LogP contribution in [0.25, 0.3) is 133 Å². The fourth-order valence-corrected chi connectivity index (χ4v) is 10.3. The minimum Gasteiger partial charge on any atom is -0.454 e. The molecule has 0 aliphatic heterocycles. The Morgan fingerprint density at radius 3 is 1.33 bits per heavy atom. The summed E-state index contributed by atoms with van der Waals surface area (Å²) in [5.74, 6) is 1.81. The zero-order valence-corrected chi connectivity index (χ0v) is 37.2. The molecule has 6 heteroatoms. The minimum absolute atomic E-state index is 0.596. The molecule has 0 N–H and O–H groups in total. The van der Waals surface area contributed by atoms with E-state index in [1.807, 2.05) is 12.1 Å². The number of fused-ring (bicyclic) bond motifs is 10. The molecule has 0 unspecified atom stereocenters. The number of para-hydroxylation sites is 3. The molecule has 0 spiro atoms. The molecule has 14 rings (SSSR count). The van der Waals surface area contributed by atoms with Crippen LogP contribution in [0.5, 0.6) is 0 Å². The van der Waals surface area contributed by atoms with Gasteiger partial charge in [0.15, 0.2) is 23.1 Å². The first-order valence-electron chi connectivity index (χ1n) is 23.3. The van der Waals surface area contributed by atoms with Crippen LogP contribution in [0, 0.1) is 0 Å². The second-order valence-corrected chi connectivity index (χ2v) is 17.6. The van der Waals surface area contributed by atoms with Crippen molar-refractivity contribution in [1.82, 2.24) is 24.1 Å². The molecule has 0 amide bonds. The highest BCUT2D eigenvalue weighted by Crippen LogP contribution is 2.43. The van der Waals surface area contributed by atoms with Gasteiger partial charge in [-0.25, -0.2) is 15.0 Å². The lowest BCUT2D eigenvalue weighted by molar-refractivity contribution is 0.671. The Kier molecular flexibility index (Phi) is 8.79. The third kappa shape index (κ3) is 6.38. The number of furan rings is 1. The Labute approximate surface area is 396 Å². The molecule has 0 atom stereocenters. The molecule has 0 fully saturated rings. The van der Waals surface area contributed by atoms with Gasteiger partial charge in [-0.05, 0) is 89.0 Å². The standard InChI is InChI=1S/C63H39N5O/c1-4-14-40(15-5-1)42-24-28-44(29-25-42)61-64-62(45-30-26-43(27-31-45)41-16-6-2-7-17-41)66-63(65-61)46-32-36-57-53(38-46)51-34-35-52-54-39-48(67-55-22-12-10-20-49(55)50-21-11-13-23-56(50)67)33-37-58(54)69-60(52)59(51)68(57)47-18-8-3-9-19-47/h1-39H. The largest absolute Gasteiger partial charge is 0.454 e. The van der Waals surface area contributed by atoms with E-state index in [1.54, 1.807) is 0 Å². The van der Waals surface area contributed by atoms with Crippen LogP contribution in [0.2, 0.25) is 0 Å². The number of hydrogen-bond acceptors (Lipinski definition) is 4. The Bertz CT molecular complexity index is 4110. The minimum atomic E-state index is 0.596. The van der Waals surface area contributed by atoms with Crippen LogP contribution in [0.3, 0.4) is 0 Å². The van der Waals surface area contributed by atoms with Crippen molar-refractivity contribution in [3.63, 3.8) is 0 Å². The zero-order valence-electron chi connectivity index (χ0n) is 37.2. The molecule has 14 aromatic rings. The van der Waals surface area contributed by atoms with Gasteiger partial charge in [-0.1, -0.05) is 170 Å². The van der Waals surface area contributed by atoms with Gasteiger partial charge in [0.25, 0.3) is 0 Å². The van der Waals surface area contributed by atoms with E-state index in [2.05, 4.69) is 234 Å². The maximum atomic E-state index is 6.96. The smallest absolute Gasteiger partial charge is 0.164 e. The Hall–Kier alpha value is -9.39. The Morgan fingerprint density at radius 1 is 0.275 bits per heavy atom. The van der Waals surface area contributed by atoms with Crippen LogP contribution in [0.4, 0.5) is 0 Å². The topological polar surface area (TPSA) is 61.7 Å². The first kappa shape index (κ1) is 38.8. The highest BCUT2D eigenvalue weighted by molar-refractivity contribution is 6.22. The van der Waals surface area contributed by atoms with Crippen LogP contribution in [0.15, 0.2) is 241 Å². The predicted molar refractivity (Wildman–Crippen MR) is 283 cm³/mol. The van der Waals surface area contributed by atoms with Crippen molar-refractivity contribution in [2.45, 2.75) is 0 Å². The van der Waals surface area contributed by atoms with Crippen LogP contribution >= 0.6 is 0 Å². The molecule has 69 heavy (non-hydrogen) atoms. The SMILES string of the molecule is c1ccc(-c2ccc(-c3nc(-c4ccc(-c5ccccc5)cc4)nc(-c4ccc5c(c4)c4ccc6c7cc(-n8c9ccccc9c9ccccc98)ccc7oc6c4n5-c4ccccc4)n3)cc2)cc1. The van der Waals surface area contributed by atoms with Gasteiger partial charge in [-0.3, -0.25) is 0 Å². The quantitative estimate of drug-likeness (QED) is 0.160. The summed E-state index contributed by atoms with van der Waals surface area (Å²) >= 11 is 0. The average Bonchev–Trinajstić information content (AvgIpc) is 4.09. The van der Waals surface area contributed by atoms with Crippen molar-refractivity contribution < 1.29 is 4.42 Å². The van der Waals surface area contributed by atoms with E-state index in [0.29, 0.717) is 17.5 Å². The molecule has 6 nitrogen and oxygen atoms in total. The summed E-state index contributed by atoms with van der Waals surface area (Å²) in [5.41, 5.74) is 15.5. The molecular formula is C63H39N5O. The van der Waals surface area contributed by atoms with E-state index in [-0.39, 0.29) is 0 Å². The Morgan fingerprint density at radius 2 is 0.739 bits per heavy atom. The van der Waals surface area contributed by atoms with E-state index < -0.39 is 0 Å². The van der Waals surface area contributed by atoms with E-state index >= 15 is 0 Å². The number of nitrogens with zero attached hydrogens (tertiary/aromatic N) is 5. The van der Waals surface area contributed by atoms with Gasteiger partial charge in [-0.15, -0.1) is 0 Å². The molecule has 4 heterocycles. The molecule has 0 bridgehead atoms. The van der Waals surface area contributed by atoms with Crippen molar-refractivity contribution in [3.8, 4) is 67.8 Å². The molecule has 322 valence electrons. The molecule has 0 saturated heterocycles. The Balaban J connectivity index is 0.946. The number of benzene rings is 10. The molecule has 0 radical (unpaired) electrons. The third-order valence-corrected chi connectivity index (χ3v) is 13.6. The highest BCUT2D eigenvalue weighted by atomic mass is 16.3. The van der Waals surface area contributed by atoms with Gasteiger partial charge in [0.2, 0.25) is 0 Å². The molecule has 0 aliphatic carbocycles. The lowest BCUT2D eigenvalue weighted by Gasteiger charge is -2.11. The van der Waals surface area contributed by atoms with E-state index in [9.17, 15) is 0 Å². The van der Waals surface area contributed by atoms with Crippen molar-refractivity contribution in [2.75, 3.05) is 0 Å². The predicted octanol–water partition coefficient (Wildman–Crippen LogP) is 16.3. The highest BCUT2D eigenvalue weighted by Gasteiger charge is 2.22. The van der Waals surface area contributed by atoms with E-state index in [4.69, 9.17) is 19.4 Å². The normalized spacial score (nSPS) is 11.8. The lowest BCUT2D eigenvalue weighted by Crippen LogP contribution is -2.00. The zero-order chi connectivity index (χ0) is 45.4. The summed E-state index contributed by atoms with van der Waals surface area (Å²) in [6.07, 6.45) is 0. The van der Waals surface area contributed by atoms with E-state index in [0.717, 1.165) is 94.1 Å². The second kappa shape index (κ2) is 15.6. The molecule has 0 saturated carbocycles. The summed E-state index contributed by atoms with van der Waals surface area (Å²) < 4.78 is 11.7. The summed E-state index contributed by atoms with van der Waals surface area (Å²) in [7, 11) is 0. The first-order chi connectivity index (χ1) is 34.2. The summed E-state index contributed by atoms with van der Waals surface area (Å²) in [4.78, 5) is 15.6. The molecular weight excluding hydrogens is 843 g/mol. The van der Waals surface area contributed by atoms with Crippen molar-refractivity contribution in [3.05, 3.63) is 237 Å². The molecule has 10 aromatic carbocycles. The van der Waals surface area contributed by atoms with Crippen molar-refractivity contribution in [1.29, 1.82) is 0 Å². The van der Waals surface area contributed by atoms with Crippen LogP contribution in [0.1, 0.15) is 0 Å². The maximum absolute atomic E-state index is 6.96. The first-order valence-corrected chi connectivity index (χ1v) is 23.3. The number of rotatable bonds is 7. The van der Waals surface area contributed by atoms with Gasteiger partial charge in [0, 0.05) is 60.4 Å². The fraction of sp³-hybridized carbons (Fsp3) is 0. The van der Waals surface area contributed by atoms with Crippen molar-refractivity contribution >= 4 is 65.6 Å². The third-order valence-electron chi connectivity index (χ3n) is 13.6. The van der Waals surface area contributed by atoms with Crippen molar-refractivity contribution in [2.24, 2.45) is 0 Å². The molecule has 0 aliphatic rings. The van der Waals surface area contributed by atoms with Crippen LogP contribution in [-0.2, 0) is 0 Å². The monoisotopic (exact) mass is 881 g/mol. The number of aromatic nitrogens is 5. The van der Waals surface area contributed by atoms with Gasteiger partial charge in [0.05, 0.1) is 22.1 Å². The summed E-state index contributed by atoms with van der Waals surface area (Å²) in [5, 5.41) is 6.74. The van der Waals surface area contributed by atoms with Gasteiger partial charge in [-0.2, -0.15) is 0 Å². The van der Waals surface area contributed by atoms with Gasteiger partial charge in [0.1, 0.15) is 5.58 Å². The molecule has 4 aromatic heterocycles. The summed E-state index contributed by atoms with van der Waals surface area (Å²) in [6.45, 7) is 0. The van der Waals surface area contributed by atoms with Crippen LogP contribution < -0.4 is 0 Å². The second-order valence-electron chi connectivity index (χ2n) is 17.6.